The van der Waals surface area contributed by atoms with Gasteiger partial charge in [-0.25, -0.2) is 4.79 Å². The summed E-state index contributed by atoms with van der Waals surface area (Å²) in [4.78, 5) is 22.9. The first kappa shape index (κ1) is 23.0. The molecule has 0 amide bonds. The average Bonchev–Trinajstić information content (AvgIpc) is 3.44. The van der Waals surface area contributed by atoms with Gasteiger partial charge in [-0.2, -0.15) is 0 Å². The fraction of sp³-hybridized carbons (Fsp3) is 0.321. The van der Waals surface area contributed by atoms with E-state index in [9.17, 15) is 9.90 Å². The molecule has 1 fully saturated rings. The zero-order valence-electron chi connectivity index (χ0n) is 19.9. The Labute approximate surface area is 214 Å². The number of ether oxygens (including phenoxy) is 2. The number of pyridine rings is 1. The lowest BCUT2D eigenvalue weighted by molar-refractivity contribution is -0.0722. The highest BCUT2D eigenvalue weighted by atomic mass is 35.5. The van der Waals surface area contributed by atoms with Crippen LogP contribution in [0.5, 0.6) is 11.5 Å². The van der Waals surface area contributed by atoms with Gasteiger partial charge >= 0.3 is 5.97 Å². The molecule has 0 radical (unpaired) electrons. The van der Waals surface area contributed by atoms with Crippen molar-refractivity contribution in [2.24, 2.45) is 4.99 Å². The van der Waals surface area contributed by atoms with Gasteiger partial charge in [0.1, 0.15) is 5.69 Å². The molecule has 3 aromatic rings. The van der Waals surface area contributed by atoms with Crippen molar-refractivity contribution in [2.45, 2.75) is 37.9 Å². The molecule has 1 aromatic heterocycles. The number of likely N-dealkylation sites (tertiary alicyclic amines) is 1. The highest BCUT2D eigenvalue weighted by Crippen LogP contribution is 2.49. The first-order valence-corrected chi connectivity index (χ1v) is 12.5. The molecule has 36 heavy (non-hydrogen) atoms. The third kappa shape index (κ3) is 4.22. The first-order chi connectivity index (χ1) is 17.4. The number of carboxylic acids is 1. The summed E-state index contributed by atoms with van der Waals surface area (Å²) >= 11 is 6.01. The van der Waals surface area contributed by atoms with Crippen LogP contribution in [0.2, 0.25) is 5.02 Å². The van der Waals surface area contributed by atoms with Gasteiger partial charge in [0, 0.05) is 37.4 Å². The van der Waals surface area contributed by atoms with E-state index in [-0.39, 0.29) is 0 Å². The van der Waals surface area contributed by atoms with Crippen molar-refractivity contribution < 1.29 is 19.4 Å². The summed E-state index contributed by atoms with van der Waals surface area (Å²) in [5, 5.41) is 9.82. The lowest BCUT2D eigenvalue weighted by atomic mass is 9.88. The SMILES string of the molecule is C[C@]1(c2ccc(Cl)cn2)Oc2cccc(C3CCN(CC4=Nc5ccc(C(=O)O)cc5C4)CC3)c2O1. The van der Waals surface area contributed by atoms with Crippen LogP contribution in [0.25, 0.3) is 0 Å². The monoisotopic (exact) mass is 503 g/mol. The number of rotatable bonds is 5. The Kier molecular flexibility index (Phi) is 5.69. The molecule has 1 N–H and O–H groups in total. The van der Waals surface area contributed by atoms with Gasteiger partial charge in [0.2, 0.25) is 0 Å². The normalized spacial score (nSPS) is 21.3. The molecular formula is C28H26ClN3O4. The van der Waals surface area contributed by atoms with Gasteiger partial charge in [-0.3, -0.25) is 14.9 Å². The Bertz CT molecular complexity index is 1370. The Morgan fingerprint density at radius 2 is 2.00 bits per heavy atom. The topological polar surface area (TPSA) is 84.2 Å². The summed E-state index contributed by atoms with van der Waals surface area (Å²) in [5.74, 6) is 0.0360. The number of carboxylic acid groups (broad SMARTS) is 1. The standard InChI is InChI=1S/C28H26ClN3O4/c1-28(25-8-6-20(29)15-30-25)35-24-4-2-3-22(26(24)36-28)17-9-11-32(12-10-17)16-21-14-19-13-18(27(33)34)5-7-23(19)31-21/h2-8,13,15,17H,9-12,14,16H2,1H3,(H,33,34)/t28-/m0/s1. The summed E-state index contributed by atoms with van der Waals surface area (Å²) in [7, 11) is 0. The molecule has 0 spiro atoms. The van der Waals surface area contributed by atoms with Crippen LogP contribution in [0.1, 0.15) is 52.9 Å². The fourth-order valence-electron chi connectivity index (χ4n) is 5.37. The number of hydrogen-bond donors (Lipinski definition) is 1. The third-order valence-corrected chi connectivity index (χ3v) is 7.46. The number of para-hydroxylation sites is 1. The molecule has 0 saturated carbocycles. The number of fused-ring (bicyclic) bond motifs is 2. The van der Waals surface area contributed by atoms with Crippen molar-refractivity contribution in [1.82, 2.24) is 9.88 Å². The smallest absolute Gasteiger partial charge is 0.335 e. The van der Waals surface area contributed by atoms with Gasteiger partial charge in [-0.15, -0.1) is 0 Å². The first-order valence-electron chi connectivity index (χ1n) is 12.2. The van der Waals surface area contributed by atoms with Crippen molar-refractivity contribution >= 4 is 29.0 Å². The second kappa shape index (κ2) is 8.91. The van der Waals surface area contributed by atoms with E-state index >= 15 is 0 Å². The summed E-state index contributed by atoms with van der Waals surface area (Å²) in [6.45, 7) is 4.61. The maximum atomic E-state index is 11.3. The molecule has 8 heteroatoms. The zero-order chi connectivity index (χ0) is 24.9. The number of benzene rings is 2. The predicted octanol–water partition coefficient (Wildman–Crippen LogP) is 5.59. The Hall–Kier alpha value is -3.42. The fourth-order valence-corrected chi connectivity index (χ4v) is 5.48. The highest BCUT2D eigenvalue weighted by Gasteiger charge is 2.42. The van der Waals surface area contributed by atoms with Crippen molar-refractivity contribution in [1.29, 1.82) is 0 Å². The van der Waals surface area contributed by atoms with E-state index in [0.717, 1.165) is 60.9 Å². The lowest BCUT2D eigenvalue weighted by Crippen LogP contribution is -2.37. The van der Waals surface area contributed by atoms with E-state index in [1.165, 1.54) is 5.56 Å². The van der Waals surface area contributed by atoms with Crippen molar-refractivity contribution in [2.75, 3.05) is 19.6 Å². The number of aliphatic imine (C=N–C) groups is 1. The molecule has 7 nitrogen and oxygen atoms in total. The summed E-state index contributed by atoms with van der Waals surface area (Å²) < 4.78 is 12.6. The van der Waals surface area contributed by atoms with Gasteiger partial charge in [0.15, 0.2) is 11.5 Å². The molecular weight excluding hydrogens is 478 g/mol. The summed E-state index contributed by atoms with van der Waals surface area (Å²) in [5.41, 5.74) is 5.15. The lowest BCUT2D eigenvalue weighted by Gasteiger charge is -2.32. The largest absolute Gasteiger partial charge is 0.478 e. The number of piperidine rings is 1. The average molecular weight is 504 g/mol. The number of halogens is 1. The molecule has 0 bridgehead atoms. The number of carbonyl (C=O) groups is 1. The van der Waals surface area contributed by atoms with Crippen LogP contribution >= 0.6 is 11.6 Å². The second-order valence-electron chi connectivity index (χ2n) is 9.74. The number of nitrogens with zero attached hydrogens (tertiary/aromatic N) is 3. The van der Waals surface area contributed by atoms with E-state index in [1.807, 2.05) is 31.2 Å². The number of aromatic carboxylic acids is 1. The molecule has 0 unspecified atom stereocenters. The molecule has 3 aliphatic heterocycles. The van der Waals surface area contributed by atoms with Crippen LogP contribution in [0.15, 0.2) is 59.7 Å². The Morgan fingerprint density at radius 1 is 1.17 bits per heavy atom. The van der Waals surface area contributed by atoms with Crippen LogP contribution < -0.4 is 9.47 Å². The Balaban J connectivity index is 1.11. The van der Waals surface area contributed by atoms with Crippen molar-refractivity contribution in [3.63, 3.8) is 0 Å². The second-order valence-corrected chi connectivity index (χ2v) is 10.2. The minimum Gasteiger partial charge on any atom is -0.478 e. The van der Waals surface area contributed by atoms with E-state index in [4.69, 9.17) is 26.1 Å². The van der Waals surface area contributed by atoms with Crippen molar-refractivity contribution in [3.05, 3.63) is 82.1 Å². The number of hydrogen-bond acceptors (Lipinski definition) is 6. The van der Waals surface area contributed by atoms with Crippen LogP contribution in [0.3, 0.4) is 0 Å². The quantitative estimate of drug-likeness (QED) is 0.489. The maximum Gasteiger partial charge on any atom is 0.335 e. The molecule has 184 valence electrons. The van der Waals surface area contributed by atoms with E-state index in [2.05, 4.69) is 16.0 Å². The minimum atomic E-state index is -0.986. The summed E-state index contributed by atoms with van der Waals surface area (Å²) in [6, 6.07) is 14.9. The number of aromatic nitrogens is 1. The van der Waals surface area contributed by atoms with Gasteiger partial charge in [0.05, 0.1) is 16.3 Å². The van der Waals surface area contributed by atoms with Gasteiger partial charge in [-0.1, -0.05) is 23.7 Å². The maximum absolute atomic E-state index is 11.3. The molecule has 4 heterocycles. The molecule has 1 saturated heterocycles. The summed E-state index contributed by atoms with van der Waals surface area (Å²) in [6.07, 6.45) is 4.34. The van der Waals surface area contributed by atoms with Crippen LogP contribution in [0, 0.1) is 0 Å². The molecule has 2 aromatic carbocycles. The van der Waals surface area contributed by atoms with Crippen molar-refractivity contribution in [3.8, 4) is 11.5 Å². The van der Waals surface area contributed by atoms with E-state index in [1.54, 1.807) is 24.4 Å². The van der Waals surface area contributed by atoms with Gasteiger partial charge in [-0.05, 0) is 73.8 Å². The Morgan fingerprint density at radius 3 is 2.75 bits per heavy atom. The van der Waals surface area contributed by atoms with Crippen LogP contribution in [-0.2, 0) is 12.2 Å². The molecule has 0 aliphatic carbocycles. The molecule has 6 rings (SSSR count). The zero-order valence-corrected chi connectivity index (χ0v) is 20.7. The highest BCUT2D eigenvalue weighted by molar-refractivity contribution is 6.30. The van der Waals surface area contributed by atoms with Crippen LogP contribution in [-0.4, -0.2) is 46.3 Å². The molecule has 3 aliphatic rings. The van der Waals surface area contributed by atoms with Crippen LogP contribution in [0.4, 0.5) is 5.69 Å². The third-order valence-electron chi connectivity index (χ3n) is 7.24. The van der Waals surface area contributed by atoms with Gasteiger partial charge < -0.3 is 14.6 Å². The van der Waals surface area contributed by atoms with E-state index < -0.39 is 11.8 Å². The van der Waals surface area contributed by atoms with Gasteiger partial charge in [0.25, 0.3) is 5.79 Å². The molecule has 1 atom stereocenters. The van der Waals surface area contributed by atoms with E-state index in [0.29, 0.717) is 28.6 Å². The minimum absolute atomic E-state index is 0.315. The predicted molar refractivity (Wildman–Crippen MR) is 137 cm³/mol.